The van der Waals surface area contributed by atoms with Crippen LogP contribution in [-0.4, -0.2) is 25.4 Å². The molecule has 0 aliphatic rings. The second-order valence-corrected chi connectivity index (χ2v) is 6.24. The van der Waals surface area contributed by atoms with Gasteiger partial charge in [-0.15, -0.1) is 0 Å². The number of nitrogens with zero attached hydrogens (tertiary/aromatic N) is 4. The fourth-order valence-electron chi connectivity index (χ4n) is 2.93. The standard InChI is InChI=1S/C20H14FN5O3/c21-15-6-4-13(5-7-15)11-23-20(27)17-12-24-25-18(8-9-22-19(17)25)14-2-1-3-16(10-14)26(28)29/h1-10,12H,11H2,(H,23,27). The van der Waals surface area contributed by atoms with Gasteiger partial charge in [0.25, 0.3) is 11.6 Å². The SMILES string of the molecule is O=C(NCc1ccc(F)cc1)c1cnn2c(-c3cccc([N+](=O)[O-])c3)ccnc12. The second kappa shape index (κ2) is 7.47. The molecule has 0 unspecified atom stereocenters. The number of hydrogen-bond acceptors (Lipinski definition) is 5. The van der Waals surface area contributed by atoms with Crippen molar-refractivity contribution in [3.05, 3.63) is 94.0 Å². The molecule has 9 heteroatoms. The van der Waals surface area contributed by atoms with Crippen molar-refractivity contribution >= 4 is 17.2 Å². The largest absolute Gasteiger partial charge is 0.348 e. The van der Waals surface area contributed by atoms with Crippen LogP contribution in [0.15, 0.2) is 67.0 Å². The van der Waals surface area contributed by atoms with E-state index >= 15 is 0 Å². The number of fused-ring (bicyclic) bond motifs is 1. The maximum atomic E-state index is 13.0. The predicted molar refractivity (Wildman–Crippen MR) is 103 cm³/mol. The summed E-state index contributed by atoms with van der Waals surface area (Å²) in [6.07, 6.45) is 2.91. The summed E-state index contributed by atoms with van der Waals surface area (Å²) in [6, 6.07) is 13.6. The maximum absolute atomic E-state index is 13.0. The lowest BCUT2D eigenvalue weighted by molar-refractivity contribution is -0.384. The van der Waals surface area contributed by atoms with Gasteiger partial charge in [-0.3, -0.25) is 14.9 Å². The number of amides is 1. The van der Waals surface area contributed by atoms with Gasteiger partial charge in [-0.25, -0.2) is 13.9 Å². The van der Waals surface area contributed by atoms with Gasteiger partial charge in [0.05, 0.1) is 16.8 Å². The maximum Gasteiger partial charge on any atom is 0.270 e. The van der Waals surface area contributed by atoms with Crippen molar-refractivity contribution < 1.29 is 14.1 Å². The quantitative estimate of drug-likeness (QED) is 0.415. The third-order valence-electron chi connectivity index (χ3n) is 4.36. The highest BCUT2D eigenvalue weighted by Gasteiger charge is 2.17. The number of nitrogens with one attached hydrogen (secondary N) is 1. The van der Waals surface area contributed by atoms with Gasteiger partial charge in [0, 0.05) is 30.4 Å². The van der Waals surface area contributed by atoms with E-state index in [0.717, 1.165) is 5.56 Å². The number of benzene rings is 2. The van der Waals surface area contributed by atoms with E-state index < -0.39 is 4.92 Å². The summed E-state index contributed by atoms with van der Waals surface area (Å²) in [5.74, 6) is -0.728. The van der Waals surface area contributed by atoms with Crippen molar-refractivity contribution in [3.8, 4) is 11.3 Å². The van der Waals surface area contributed by atoms with Crippen LogP contribution in [0.5, 0.6) is 0 Å². The Bertz CT molecular complexity index is 1220. The summed E-state index contributed by atoms with van der Waals surface area (Å²) in [5.41, 5.74) is 2.44. The number of aromatic nitrogens is 3. The normalized spacial score (nSPS) is 10.8. The van der Waals surface area contributed by atoms with Gasteiger partial charge in [0.1, 0.15) is 11.4 Å². The molecule has 29 heavy (non-hydrogen) atoms. The first-order valence-corrected chi connectivity index (χ1v) is 8.63. The molecule has 0 spiro atoms. The zero-order valence-electron chi connectivity index (χ0n) is 14.9. The number of hydrogen-bond donors (Lipinski definition) is 1. The number of nitro groups is 1. The van der Waals surface area contributed by atoms with E-state index in [1.807, 2.05) is 0 Å². The molecule has 2 heterocycles. The van der Waals surface area contributed by atoms with Crippen molar-refractivity contribution in [2.24, 2.45) is 0 Å². The molecule has 4 rings (SSSR count). The Morgan fingerprint density at radius 3 is 2.72 bits per heavy atom. The van der Waals surface area contributed by atoms with Crippen LogP contribution in [0.3, 0.4) is 0 Å². The van der Waals surface area contributed by atoms with Crippen LogP contribution in [-0.2, 0) is 6.54 Å². The minimum atomic E-state index is -0.473. The minimum absolute atomic E-state index is 0.0446. The van der Waals surface area contributed by atoms with Crippen LogP contribution < -0.4 is 5.32 Å². The Kier molecular flexibility index (Phi) is 4.70. The van der Waals surface area contributed by atoms with Crippen LogP contribution in [0.25, 0.3) is 16.9 Å². The summed E-state index contributed by atoms with van der Waals surface area (Å²) in [6.45, 7) is 0.223. The van der Waals surface area contributed by atoms with Crippen LogP contribution in [0, 0.1) is 15.9 Å². The lowest BCUT2D eigenvalue weighted by Gasteiger charge is -2.06. The summed E-state index contributed by atoms with van der Waals surface area (Å²) in [5, 5.41) is 18.0. The first-order chi connectivity index (χ1) is 14.0. The van der Waals surface area contributed by atoms with Crippen molar-refractivity contribution in [1.82, 2.24) is 19.9 Å². The first kappa shape index (κ1) is 18.2. The van der Waals surface area contributed by atoms with Gasteiger partial charge in [0.2, 0.25) is 0 Å². The molecule has 0 bridgehead atoms. The molecular weight excluding hydrogens is 377 g/mol. The molecule has 0 aliphatic heterocycles. The average Bonchev–Trinajstić information content (AvgIpc) is 3.17. The number of carbonyl (C=O) groups is 1. The Morgan fingerprint density at radius 1 is 1.17 bits per heavy atom. The molecule has 8 nitrogen and oxygen atoms in total. The molecule has 4 aromatic rings. The molecule has 1 amide bonds. The Hall–Kier alpha value is -4.14. The van der Waals surface area contributed by atoms with Gasteiger partial charge in [-0.1, -0.05) is 24.3 Å². The summed E-state index contributed by atoms with van der Waals surface area (Å²) < 4.78 is 14.5. The molecule has 2 aromatic carbocycles. The van der Waals surface area contributed by atoms with E-state index in [-0.39, 0.29) is 29.5 Å². The zero-order valence-corrected chi connectivity index (χ0v) is 14.9. The van der Waals surface area contributed by atoms with E-state index in [1.54, 1.807) is 30.3 Å². The first-order valence-electron chi connectivity index (χ1n) is 8.63. The summed E-state index contributed by atoms with van der Waals surface area (Å²) >= 11 is 0. The topological polar surface area (TPSA) is 102 Å². The van der Waals surface area contributed by atoms with Crippen molar-refractivity contribution in [3.63, 3.8) is 0 Å². The van der Waals surface area contributed by atoms with E-state index in [2.05, 4.69) is 15.4 Å². The molecule has 0 atom stereocenters. The van der Waals surface area contributed by atoms with Gasteiger partial charge in [0.15, 0.2) is 5.65 Å². The average molecular weight is 391 g/mol. The fraction of sp³-hybridized carbons (Fsp3) is 0.0500. The minimum Gasteiger partial charge on any atom is -0.348 e. The highest BCUT2D eigenvalue weighted by atomic mass is 19.1. The Labute approximate surface area is 163 Å². The number of rotatable bonds is 5. The van der Waals surface area contributed by atoms with Gasteiger partial charge in [-0.2, -0.15) is 5.10 Å². The highest BCUT2D eigenvalue weighted by molar-refractivity contribution is 5.99. The number of halogens is 1. The molecule has 0 radical (unpaired) electrons. The Morgan fingerprint density at radius 2 is 1.97 bits per heavy atom. The zero-order chi connectivity index (χ0) is 20.4. The molecule has 0 fully saturated rings. The predicted octanol–water partition coefficient (Wildman–Crippen LogP) is 3.37. The summed E-state index contributed by atoms with van der Waals surface area (Å²) in [7, 11) is 0. The van der Waals surface area contributed by atoms with Gasteiger partial charge in [-0.05, 0) is 23.8 Å². The van der Waals surface area contributed by atoms with Gasteiger partial charge < -0.3 is 5.32 Å². The number of nitro benzene ring substituents is 1. The molecule has 0 saturated heterocycles. The van der Waals surface area contributed by atoms with E-state index in [1.165, 1.54) is 41.2 Å². The van der Waals surface area contributed by atoms with Crippen LogP contribution in [0.1, 0.15) is 15.9 Å². The molecule has 144 valence electrons. The number of non-ortho nitro benzene ring substituents is 1. The van der Waals surface area contributed by atoms with E-state index in [0.29, 0.717) is 16.9 Å². The second-order valence-electron chi connectivity index (χ2n) is 6.24. The molecule has 2 aromatic heterocycles. The molecule has 1 N–H and O–H groups in total. The van der Waals surface area contributed by atoms with Crippen LogP contribution in [0.4, 0.5) is 10.1 Å². The molecule has 0 aliphatic carbocycles. The fourth-order valence-corrected chi connectivity index (χ4v) is 2.93. The monoisotopic (exact) mass is 391 g/mol. The summed E-state index contributed by atoms with van der Waals surface area (Å²) in [4.78, 5) is 27.4. The third-order valence-corrected chi connectivity index (χ3v) is 4.36. The van der Waals surface area contributed by atoms with E-state index in [9.17, 15) is 19.3 Å². The lowest BCUT2D eigenvalue weighted by Crippen LogP contribution is -2.22. The lowest BCUT2D eigenvalue weighted by atomic mass is 10.1. The molecular formula is C20H14FN5O3. The molecule has 0 saturated carbocycles. The van der Waals surface area contributed by atoms with Crippen molar-refractivity contribution in [2.75, 3.05) is 0 Å². The number of carbonyl (C=O) groups excluding carboxylic acids is 1. The van der Waals surface area contributed by atoms with Crippen molar-refractivity contribution in [1.29, 1.82) is 0 Å². The van der Waals surface area contributed by atoms with Gasteiger partial charge >= 0.3 is 0 Å². The van der Waals surface area contributed by atoms with Crippen molar-refractivity contribution in [2.45, 2.75) is 6.54 Å². The third kappa shape index (κ3) is 3.65. The van der Waals surface area contributed by atoms with E-state index in [4.69, 9.17) is 0 Å². The Balaban J connectivity index is 1.63. The highest BCUT2D eigenvalue weighted by Crippen LogP contribution is 2.24. The van der Waals surface area contributed by atoms with Crippen LogP contribution in [0.2, 0.25) is 0 Å². The van der Waals surface area contributed by atoms with Crippen LogP contribution >= 0.6 is 0 Å². The smallest absolute Gasteiger partial charge is 0.270 e.